The summed E-state index contributed by atoms with van der Waals surface area (Å²) in [6, 6.07) is 6.00. The predicted molar refractivity (Wildman–Crippen MR) is 90.5 cm³/mol. The Kier molecular flexibility index (Phi) is 5.56. The zero-order chi connectivity index (χ0) is 15.5. The van der Waals surface area contributed by atoms with Gasteiger partial charge in [-0.25, -0.2) is 0 Å². The van der Waals surface area contributed by atoms with Crippen molar-refractivity contribution in [3.8, 4) is 5.75 Å². The third-order valence-electron chi connectivity index (χ3n) is 4.41. The zero-order valence-electron chi connectivity index (χ0n) is 13.7. The molecule has 0 spiro atoms. The maximum atomic E-state index is 6.24. The molecule has 2 nitrogen and oxygen atoms in total. The van der Waals surface area contributed by atoms with E-state index in [1.807, 2.05) is 12.1 Å². The lowest BCUT2D eigenvalue weighted by Crippen LogP contribution is -2.39. The quantitative estimate of drug-likeness (QED) is 0.825. The summed E-state index contributed by atoms with van der Waals surface area (Å²) in [7, 11) is 1.75. The Morgan fingerprint density at radius 2 is 1.95 bits per heavy atom. The van der Waals surface area contributed by atoms with E-state index in [0.717, 1.165) is 23.2 Å². The summed E-state index contributed by atoms with van der Waals surface area (Å²) in [5, 5.41) is 4.47. The predicted octanol–water partition coefficient (Wildman–Crippen LogP) is 5.01. The molecule has 0 aliphatic heterocycles. The molecule has 0 bridgehead atoms. The van der Waals surface area contributed by atoms with Gasteiger partial charge in [-0.2, -0.15) is 0 Å². The summed E-state index contributed by atoms with van der Waals surface area (Å²) >= 11 is 6.24. The first-order valence-corrected chi connectivity index (χ1v) is 8.37. The second-order valence-electron chi connectivity index (χ2n) is 7.17. The molecule has 1 aliphatic carbocycles. The summed E-state index contributed by atoms with van der Waals surface area (Å²) < 4.78 is 5.59. The lowest BCUT2D eigenvalue weighted by atomic mass is 9.83. The molecule has 1 atom stereocenters. The largest absolute Gasteiger partial charge is 0.496 e. The Bertz CT molecular complexity index is 461. The highest BCUT2D eigenvalue weighted by Crippen LogP contribution is 2.41. The van der Waals surface area contributed by atoms with Gasteiger partial charge in [0.2, 0.25) is 0 Å². The van der Waals surface area contributed by atoms with Crippen LogP contribution in [0.4, 0.5) is 0 Å². The number of hydrogen-bond acceptors (Lipinski definition) is 2. The van der Waals surface area contributed by atoms with Gasteiger partial charge in [0.25, 0.3) is 0 Å². The fourth-order valence-corrected chi connectivity index (χ4v) is 3.48. The third-order valence-corrected chi connectivity index (χ3v) is 4.65. The molecule has 1 N–H and O–H groups in total. The van der Waals surface area contributed by atoms with E-state index in [0.29, 0.717) is 5.92 Å². The molecular weight excluding hydrogens is 282 g/mol. The first-order chi connectivity index (χ1) is 9.90. The number of hydrogen-bond donors (Lipinski definition) is 1. The Balaban J connectivity index is 2.27. The molecule has 1 aliphatic rings. The molecule has 1 saturated carbocycles. The lowest BCUT2D eigenvalue weighted by molar-refractivity contribution is 0.338. The van der Waals surface area contributed by atoms with Crippen molar-refractivity contribution >= 4 is 11.6 Å². The van der Waals surface area contributed by atoms with Crippen molar-refractivity contribution in [2.45, 2.75) is 57.9 Å². The van der Waals surface area contributed by atoms with Gasteiger partial charge in [0.05, 0.1) is 7.11 Å². The van der Waals surface area contributed by atoms with Crippen molar-refractivity contribution in [1.82, 2.24) is 5.32 Å². The zero-order valence-corrected chi connectivity index (χ0v) is 14.5. The first-order valence-electron chi connectivity index (χ1n) is 7.99. The molecule has 0 amide bonds. The average Bonchev–Trinajstić information content (AvgIpc) is 2.92. The number of halogens is 1. The molecule has 0 saturated heterocycles. The van der Waals surface area contributed by atoms with Crippen LogP contribution in [-0.4, -0.2) is 19.2 Å². The lowest BCUT2D eigenvalue weighted by Gasteiger charge is -2.30. The average molecular weight is 310 g/mol. The number of rotatable bonds is 5. The van der Waals surface area contributed by atoms with Gasteiger partial charge in [0, 0.05) is 28.6 Å². The fourth-order valence-electron chi connectivity index (χ4n) is 3.30. The minimum Gasteiger partial charge on any atom is -0.496 e. The summed E-state index contributed by atoms with van der Waals surface area (Å²) in [4.78, 5) is 0. The van der Waals surface area contributed by atoms with Crippen LogP contribution >= 0.6 is 11.6 Å². The van der Waals surface area contributed by atoms with Gasteiger partial charge < -0.3 is 10.1 Å². The van der Waals surface area contributed by atoms with Gasteiger partial charge in [-0.15, -0.1) is 0 Å². The SMILES string of the molecule is COc1ccc(Cl)cc1C(CNC(C)(C)C)C1CCCC1. The number of methoxy groups -OCH3 is 1. The fraction of sp³-hybridized carbons (Fsp3) is 0.667. The van der Waals surface area contributed by atoms with Gasteiger partial charge in [-0.1, -0.05) is 24.4 Å². The highest BCUT2D eigenvalue weighted by molar-refractivity contribution is 6.30. The molecule has 1 fully saturated rings. The van der Waals surface area contributed by atoms with E-state index in [4.69, 9.17) is 16.3 Å². The minimum atomic E-state index is 0.128. The van der Waals surface area contributed by atoms with E-state index in [9.17, 15) is 0 Å². The normalized spacial score (nSPS) is 18.0. The van der Waals surface area contributed by atoms with E-state index in [1.54, 1.807) is 7.11 Å². The van der Waals surface area contributed by atoms with Crippen LogP contribution in [0.3, 0.4) is 0 Å². The van der Waals surface area contributed by atoms with Gasteiger partial charge in [0.1, 0.15) is 5.75 Å². The van der Waals surface area contributed by atoms with Crippen molar-refractivity contribution in [2.24, 2.45) is 5.92 Å². The van der Waals surface area contributed by atoms with Crippen molar-refractivity contribution in [2.75, 3.05) is 13.7 Å². The third kappa shape index (κ3) is 4.62. The van der Waals surface area contributed by atoms with Crippen LogP contribution in [0.5, 0.6) is 5.75 Å². The van der Waals surface area contributed by atoms with Crippen LogP contribution in [0, 0.1) is 5.92 Å². The molecule has 2 rings (SSSR count). The topological polar surface area (TPSA) is 21.3 Å². The number of benzene rings is 1. The smallest absolute Gasteiger partial charge is 0.122 e. The van der Waals surface area contributed by atoms with E-state index in [1.165, 1.54) is 31.2 Å². The van der Waals surface area contributed by atoms with Crippen LogP contribution < -0.4 is 10.1 Å². The van der Waals surface area contributed by atoms with Gasteiger partial charge >= 0.3 is 0 Å². The molecule has 0 heterocycles. The Labute approximate surface area is 134 Å². The van der Waals surface area contributed by atoms with E-state index >= 15 is 0 Å². The van der Waals surface area contributed by atoms with Gasteiger partial charge in [0.15, 0.2) is 0 Å². The molecule has 1 aromatic carbocycles. The van der Waals surface area contributed by atoms with E-state index in [-0.39, 0.29) is 5.54 Å². The van der Waals surface area contributed by atoms with Crippen LogP contribution in [0.2, 0.25) is 5.02 Å². The van der Waals surface area contributed by atoms with Crippen molar-refractivity contribution in [3.05, 3.63) is 28.8 Å². The summed E-state index contributed by atoms with van der Waals surface area (Å²) in [5.41, 5.74) is 1.39. The first kappa shape index (κ1) is 16.6. The minimum absolute atomic E-state index is 0.128. The molecule has 118 valence electrons. The molecular formula is C18H28ClNO. The molecule has 0 radical (unpaired) electrons. The molecule has 3 heteroatoms. The molecule has 0 aromatic heterocycles. The van der Waals surface area contributed by atoms with Gasteiger partial charge in [-0.3, -0.25) is 0 Å². The molecule has 21 heavy (non-hydrogen) atoms. The van der Waals surface area contributed by atoms with Crippen LogP contribution in [-0.2, 0) is 0 Å². The van der Waals surface area contributed by atoms with Crippen molar-refractivity contribution in [3.63, 3.8) is 0 Å². The Hall–Kier alpha value is -0.730. The maximum Gasteiger partial charge on any atom is 0.122 e. The highest BCUT2D eigenvalue weighted by atomic mass is 35.5. The maximum absolute atomic E-state index is 6.24. The second-order valence-corrected chi connectivity index (χ2v) is 7.60. The van der Waals surface area contributed by atoms with E-state index in [2.05, 4.69) is 32.2 Å². The Morgan fingerprint density at radius 1 is 1.29 bits per heavy atom. The van der Waals surface area contributed by atoms with Crippen molar-refractivity contribution < 1.29 is 4.74 Å². The monoisotopic (exact) mass is 309 g/mol. The number of ether oxygens (including phenoxy) is 1. The standard InChI is InChI=1S/C18H28ClNO/c1-18(2,3)20-12-16(13-7-5-6-8-13)15-11-14(19)9-10-17(15)21-4/h9-11,13,16,20H,5-8,12H2,1-4H3. The second kappa shape index (κ2) is 7.02. The summed E-state index contributed by atoms with van der Waals surface area (Å²) in [5.74, 6) is 2.17. The highest BCUT2D eigenvalue weighted by Gasteiger charge is 2.29. The van der Waals surface area contributed by atoms with E-state index < -0.39 is 0 Å². The van der Waals surface area contributed by atoms with Crippen LogP contribution in [0.15, 0.2) is 18.2 Å². The Morgan fingerprint density at radius 3 is 2.52 bits per heavy atom. The van der Waals surface area contributed by atoms with Gasteiger partial charge in [-0.05, 0) is 57.7 Å². The molecule has 1 unspecified atom stereocenters. The van der Waals surface area contributed by atoms with Crippen LogP contribution in [0.1, 0.15) is 57.9 Å². The van der Waals surface area contributed by atoms with Crippen LogP contribution in [0.25, 0.3) is 0 Å². The summed E-state index contributed by atoms with van der Waals surface area (Å²) in [6.07, 6.45) is 5.32. The van der Waals surface area contributed by atoms with Crippen molar-refractivity contribution in [1.29, 1.82) is 0 Å². The molecule has 1 aromatic rings. The summed E-state index contributed by atoms with van der Waals surface area (Å²) in [6.45, 7) is 7.63. The number of nitrogens with one attached hydrogen (secondary N) is 1.